The van der Waals surface area contributed by atoms with E-state index in [2.05, 4.69) is 15.3 Å². The molecule has 1 N–H and O–H groups in total. The van der Waals surface area contributed by atoms with E-state index in [1.165, 1.54) is 12.8 Å². The molecule has 1 aliphatic rings. The summed E-state index contributed by atoms with van der Waals surface area (Å²) in [6, 6.07) is 1.97. The number of pyridine rings is 1. The van der Waals surface area contributed by atoms with E-state index in [1.54, 1.807) is 17.9 Å². The fraction of sp³-hybridized carbons (Fsp3) is 0.526. The van der Waals surface area contributed by atoms with Crippen LogP contribution >= 0.6 is 11.6 Å². The molecule has 2 heterocycles. The lowest BCUT2D eigenvalue weighted by Gasteiger charge is -2.18. The van der Waals surface area contributed by atoms with Crippen molar-refractivity contribution >= 4 is 23.1 Å². The Labute approximate surface area is 158 Å². The highest BCUT2D eigenvalue weighted by atomic mass is 35.5. The van der Waals surface area contributed by atoms with Crippen molar-refractivity contribution in [2.24, 2.45) is 11.8 Å². The second kappa shape index (κ2) is 7.76. The summed E-state index contributed by atoms with van der Waals surface area (Å²) in [5.41, 5.74) is 3.41. The van der Waals surface area contributed by atoms with Crippen molar-refractivity contribution in [1.82, 2.24) is 14.5 Å². The predicted octanol–water partition coefficient (Wildman–Crippen LogP) is 3.63. The summed E-state index contributed by atoms with van der Waals surface area (Å²) in [5, 5.41) is 3.40. The molecule has 140 valence electrons. The summed E-state index contributed by atoms with van der Waals surface area (Å²) < 4.78 is 6.97. The average Bonchev–Trinajstić information content (AvgIpc) is 3.41. The summed E-state index contributed by atoms with van der Waals surface area (Å²) in [7, 11) is 1.69. The molecule has 26 heavy (non-hydrogen) atoms. The molecule has 2 aromatic heterocycles. The molecule has 0 aliphatic heterocycles. The lowest BCUT2D eigenvalue weighted by Crippen LogP contribution is -2.29. The van der Waals surface area contributed by atoms with Crippen LogP contribution in [0.5, 0.6) is 0 Å². The SMILES string of the molecule is COCC(Cn1cc(Cl)nc(Nc2cc(C)c(C)nc2C)c1=O)C1CC1. The molecule has 1 saturated carbocycles. The number of methoxy groups -OCH3 is 1. The Morgan fingerprint density at radius 3 is 2.69 bits per heavy atom. The van der Waals surface area contributed by atoms with Crippen molar-refractivity contribution in [3.8, 4) is 0 Å². The van der Waals surface area contributed by atoms with E-state index in [-0.39, 0.29) is 16.5 Å². The van der Waals surface area contributed by atoms with Gasteiger partial charge in [0.25, 0.3) is 5.56 Å². The molecule has 0 aromatic carbocycles. The molecule has 0 spiro atoms. The molecule has 1 fully saturated rings. The standard InChI is InChI=1S/C19H25ClN4O2/c1-11-7-16(13(3)21-12(11)2)22-18-19(25)24(9-17(20)23-18)8-15(10-26-4)14-5-6-14/h7,9,14-15H,5-6,8,10H2,1-4H3,(H,22,23). The summed E-state index contributed by atoms with van der Waals surface area (Å²) >= 11 is 6.18. The van der Waals surface area contributed by atoms with E-state index < -0.39 is 0 Å². The maximum atomic E-state index is 12.9. The van der Waals surface area contributed by atoms with Crippen LogP contribution in [0.1, 0.15) is 29.8 Å². The van der Waals surface area contributed by atoms with Gasteiger partial charge in [-0.3, -0.25) is 9.78 Å². The minimum atomic E-state index is -0.186. The first-order valence-corrected chi connectivity index (χ1v) is 9.24. The van der Waals surface area contributed by atoms with Crippen molar-refractivity contribution < 1.29 is 4.74 Å². The van der Waals surface area contributed by atoms with Gasteiger partial charge in [0.15, 0.2) is 5.82 Å². The molecule has 1 unspecified atom stereocenters. The van der Waals surface area contributed by atoms with E-state index in [1.807, 2.05) is 26.8 Å². The molecule has 2 aromatic rings. The Morgan fingerprint density at radius 2 is 2.04 bits per heavy atom. The largest absolute Gasteiger partial charge is 0.384 e. The zero-order chi connectivity index (χ0) is 18.8. The van der Waals surface area contributed by atoms with E-state index in [4.69, 9.17) is 16.3 Å². The molecule has 1 atom stereocenters. The quantitative estimate of drug-likeness (QED) is 0.799. The number of hydrogen-bond donors (Lipinski definition) is 1. The molecule has 0 saturated heterocycles. The molecule has 7 heteroatoms. The van der Waals surface area contributed by atoms with Crippen LogP contribution in [-0.4, -0.2) is 28.3 Å². The number of rotatable bonds is 7. The maximum Gasteiger partial charge on any atom is 0.293 e. The molecular weight excluding hydrogens is 352 g/mol. The summed E-state index contributed by atoms with van der Waals surface area (Å²) in [6.07, 6.45) is 3.99. The number of halogens is 1. The van der Waals surface area contributed by atoms with Crippen LogP contribution in [-0.2, 0) is 11.3 Å². The minimum Gasteiger partial charge on any atom is -0.384 e. The van der Waals surface area contributed by atoms with Crippen molar-refractivity contribution in [3.05, 3.63) is 44.7 Å². The third-order valence-electron chi connectivity index (χ3n) is 4.95. The van der Waals surface area contributed by atoms with Crippen molar-refractivity contribution in [2.45, 2.75) is 40.2 Å². The number of nitrogens with one attached hydrogen (secondary N) is 1. The summed E-state index contributed by atoms with van der Waals surface area (Å²) in [5.74, 6) is 1.16. The Balaban J connectivity index is 1.90. The number of aryl methyl sites for hydroxylation is 3. The average molecular weight is 377 g/mol. The van der Waals surface area contributed by atoms with Gasteiger partial charge in [-0.1, -0.05) is 11.6 Å². The molecule has 0 amide bonds. The first-order valence-electron chi connectivity index (χ1n) is 8.86. The first-order chi connectivity index (χ1) is 12.4. The topological polar surface area (TPSA) is 69.0 Å². The number of anilines is 2. The van der Waals surface area contributed by atoms with Gasteiger partial charge in [-0.05, 0) is 51.2 Å². The normalized spacial score (nSPS) is 15.1. The Hall–Kier alpha value is -1.92. The second-order valence-corrected chi connectivity index (χ2v) is 7.46. The Morgan fingerprint density at radius 1 is 1.31 bits per heavy atom. The van der Waals surface area contributed by atoms with Gasteiger partial charge in [-0.25, -0.2) is 4.98 Å². The van der Waals surface area contributed by atoms with Crippen molar-refractivity contribution in [1.29, 1.82) is 0 Å². The van der Waals surface area contributed by atoms with E-state index >= 15 is 0 Å². The number of hydrogen-bond acceptors (Lipinski definition) is 5. The molecule has 0 bridgehead atoms. The molecule has 6 nitrogen and oxygen atoms in total. The highest BCUT2D eigenvalue weighted by Gasteiger charge is 2.31. The fourth-order valence-corrected chi connectivity index (χ4v) is 3.38. The van der Waals surface area contributed by atoms with Crippen LogP contribution in [0.25, 0.3) is 0 Å². The molecular formula is C19H25ClN4O2. The van der Waals surface area contributed by atoms with Crippen LogP contribution in [0.2, 0.25) is 5.15 Å². The molecule has 1 aliphatic carbocycles. The molecule has 0 radical (unpaired) electrons. The Kier molecular flexibility index (Phi) is 5.63. The van der Waals surface area contributed by atoms with E-state index in [9.17, 15) is 4.79 Å². The van der Waals surface area contributed by atoms with Gasteiger partial charge in [0.05, 0.1) is 18.0 Å². The van der Waals surface area contributed by atoms with E-state index in [0.717, 1.165) is 22.6 Å². The van der Waals surface area contributed by atoms with Crippen LogP contribution < -0.4 is 10.9 Å². The van der Waals surface area contributed by atoms with Crippen LogP contribution in [0.4, 0.5) is 11.5 Å². The first kappa shape index (κ1) is 18.9. The zero-order valence-electron chi connectivity index (χ0n) is 15.7. The number of nitrogens with zero attached hydrogens (tertiary/aromatic N) is 3. The predicted molar refractivity (Wildman–Crippen MR) is 103 cm³/mol. The van der Waals surface area contributed by atoms with Gasteiger partial charge < -0.3 is 14.6 Å². The van der Waals surface area contributed by atoms with Crippen molar-refractivity contribution in [2.75, 3.05) is 19.0 Å². The highest BCUT2D eigenvalue weighted by molar-refractivity contribution is 6.29. The third-order valence-corrected chi connectivity index (χ3v) is 5.14. The lowest BCUT2D eigenvalue weighted by molar-refractivity contribution is 0.131. The zero-order valence-corrected chi connectivity index (χ0v) is 16.4. The van der Waals surface area contributed by atoms with Gasteiger partial charge in [-0.15, -0.1) is 0 Å². The monoisotopic (exact) mass is 376 g/mol. The van der Waals surface area contributed by atoms with Crippen LogP contribution in [0.15, 0.2) is 17.1 Å². The highest BCUT2D eigenvalue weighted by Crippen LogP contribution is 2.37. The van der Waals surface area contributed by atoms with Gasteiger partial charge >= 0.3 is 0 Å². The fourth-order valence-electron chi connectivity index (χ4n) is 3.18. The van der Waals surface area contributed by atoms with Crippen LogP contribution in [0.3, 0.4) is 0 Å². The van der Waals surface area contributed by atoms with Crippen LogP contribution in [0, 0.1) is 32.6 Å². The maximum absolute atomic E-state index is 12.9. The number of aromatic nitrogens is 3. The van der Waals surface area contributed by atoms with Gasteiger partial charge in [0.2, 0.25) is 0 Å². The number of ether oxygens (including phenoxy) is 1. The second-order valence-electron chi connectivity index (χ2n) is 7.07. The Bertz CT molecular complexity index is 861. The molecule has 3 rings (SSSR count). The lowest BCUT2D eigenvalue weighted by atomic mass is 10.1. The summed E-state index contributed by atoms with van der Waals surface area (Å²) in [6.45, 7) is 7.07. The van der Waals surface area contributed by atoms with Gasteiger partial charge in [0, 0.05) is 31.5 Å². The van der Waals surface area contributed by atoms with Gasteiger partial charge in [-0.2, -0.15) is 0 Å². The smallest absolute Gasteiger partial charge is 0.293 e. The van der Waals surface area contributed by atoms with Crippen molar-refractivity contribution in [3.63, 3.8) is 0 Å². The third kappa shape index (κ3) is 4.24. The van der Waals surface area contributed by atoms with Gasteiger partial charge in [0.1, 0.15) is 5.15 Å². The van der Waals surface area contributed by atoms with E-state index in [0.29, 0.717) is 25.0 Å². The summed E-state index contributed by atoms with van der Waals surface area (Å²) in [4.78, 5) is 21.6. The minimum absolute atomic E-state index is 0.186.